The van der Waals surface area contributed by atoms with E-state index in [0.717, 1.165) is 12.8 Å². The third-order valence-corrected chi connectivity index (χ3v) is 3.77. The molecular weight excluding hydrogens is 250 g/mol. The first-order valence-corrected chi connectivity index (χ1v) is 7.52. The van der Waals surface area contributed by atoms with Crippen molar-refractivity contribution in [2.75, 3.05) is 13.7 Å². The first-order valence-electron chi connectivity index (χ1n) is 7.52. The quantitative estimate of drug-likeness (QED) is 0.741. The molecule has 0 saturated carbocycles. The molecule has 1 aromatic carbocycles. The van der Waals surface area contributed by atoms with Gasteiger partial charge in [-0.2, -0.15) is 0 Å². The lowest BCUT2D eigenvalue weighted by Gasteiger charge is -2.16. The standard InChI is InChI=1S/C17H27NO2/c1-5-13(3)15-9-7-14(8-10-15)11-16(18-4)12-17(19)20-6-2/h7-10,13,16,18H,5-6,11-12H2,1-4H3. The van der Waals surface area contributed by atoms with Gasteiger partial charge in [-0.1, -0.05) is 38.1 Å². The lowest BCUT2D eigenvalue weighted by Crippen LogP contribution is -2.31. The van der Waals surface area contributed by atoms with Crippen LogP contribution >= 0.6 is 0 Å². The lowest BCUT2D eigenvalue weighted by atomic mass is 9.95. The SMILES string of the molecule is CCOC(=O)CC(Cc1ccc(C(C)CC)cc1)NC. The number of likely N-dealkylation sites (N-methyl/N-ethyl adjacent to an activating group) is 1. The van der Waals surface area contributed by atoms with E-state index in [9.17, 15) is 4.79 Å². The number of carbonyl (C=O) groups excluding carboxylic acids is 1. The van der Waals surface area contributed by atoms with E-state index in [1.807, 2.05) is 14.0 Å². The fourth-order valence-corrected chi connectivity index (χ4v) is 2.20. The molecule has 1 N–H and O–H groups in total. The summed E-state index contributed by atoms with van der Waals surface area (Å²) in [6.45, 7) is 6.72. The van der Waals surface area contributed by atoms with Gasteiger partial charge in [0.1, 0.15) is 0 Å². The Morgan fingerprint density at radius 3 is 2.40 bits per heavy atom. The van der Waals surface area contributed by atoms with Gasteiger partial charge in [0.05, 0.1) is 13.0 Å². The van der Waals surface area contributed by atoms with Crippen LogP contribution < -0.4 is 5.32 Å². The largest absolute Gasteiger partial charge is 0.466 e. The van der Waals surface area contributed by atoms with E-state index in [1.54, 1.807) is 0 Å². The molecule has 0 amide bonds. The first-order chi connectivity index (χ1) is 9.60. The van der Waals surface area contributed by atoms with Crippen LogP contribution in [0.15, 0.2) is 24.3 Å². The molecule has 112 valence electrons. The summed E-state index contributed by atoms with van der Waals surface area (Å²) < 4.78 is 5.00. The summed E-state index contributed by atoms with van der Waals surface area (Å²) in [6.07, 6.45) is 2.41. The third kappa shape index (κ3) is 5.33. The summed E-state index contributed by atoms with van der Waals surface area (Å²) in [5.74, 6) is 0.465. The summed E-state index contributed by atoms with van der Waals surface area (Å²) >= 11 is 0. The third-order valence-electron chi connectivity index (χ3n) is 3.77. The average molecular weight is 277 g/mol. The van der Waals surface area contributed by atoms with E-state index < -0.39 is 0 Å². The van der Waals surface area contributed by atoms with E-state index in [4.69, 9.17) is 4.74 Å². The highest BCUT2D eigenvalue weighted by atomic mass is 16.5. The maximum atomic E-state index is 11.5. The zero-order chi connectivity index (χ0) is 15.0. The maximum Gasteiger partial charge on any atom is 0.307 e. The summed E-state index contributed by atoms with van der Waals surface area (Å²) in [5, 5.41) is 3.19. The molecule has 2 unspecified atom stereocenters. The maximum absolute atomic E-state index is 11.5. The molecular formula is C17H27NO2. The number of hydrogen-bond acceptors (Lipinski definition) is 3. The minimum atomic E-state index is -0.136. The number of rotatable bonds is 8. The van der Waals surface area contributed by atoms with Crippen LogP contribution in [0, 0.1) is 0 Å². The van der Waals surface area contributed by atoms with Crippen molar-refractivity contribution >= 4 is 5.97 Å². The number of ether oxygens (including phenoxy) is 1. The van der Waals surface area contributed by atoms with Crippen molar-refractivity contribution in [2.24, 2.45) is 0 Å². The minimum Gasteiger partial charge on any atom is -0.466 e. The number of esters is 1. The van der Waals surface area contributed by atoms with E-state index in [1.165, 1.54) is 11.1 Å². The molecule has 1 aromatic rings. The monoisotopic (exact) mass is 277 g/mol. The second-order valence-corrected chi connectivity index (χ2v) is 5.25. The van der Waals surface area contributed by atoms with Crippen molar-refractivity contribution in [1.82, 2.24) is 5.32 Å². The topological polar surface area (TPSA) is 38.3 Å². The summed E-state index contributed by atoms with van der Waals surface area (Å²) in [4.78, 5) is 11.5. The molecule has 0 bridgehead atoms. The van der Waals surface area contributed by atoms with Crippen molar-refractivity contribution in [3.05, 3.63) is 35.4 Å². The normalized spacial score (nSPS) is 13.8. The Balaban J connectivity index is 2.59. The molecule has 0 fully saturated rings. The van der Waals surface area contributed by atoms with Crippen LogP contribution in [0.3, 0.4) is 0 Å². The Morgan fingerprint density at radius 1 is 1.25 bits per heavy atom. The van der Waals surface area contributed by atoms with Crippen molar-refractivity contribution in [3.63, 3.8) is 0 Å². The van der Waals surface area contributed by atoms with Gasteiger partial charge in [0.15, 0.2) is 0 Å². The molecule has 0 aliphatic rings. The van der Waals surface area contributed by atoms with E-state index >= 15 is 0 Å². The predicted octanol–water partition coefficient (Wildman–Crippen LogP) is 3.28. The lowest BCUT2D eigenvalue weighted by molar-refractivity contribution is -0.143. The predicted molar refractivity (Wildman–Crippen MR) is 82.9 cm³/mol. The molecule has 2 atom stereocenters. The van der Waals surface area contributed by atoms with Crippen molar-refractivity contribution in [1.29, 1.82) is 0 Å². The summed E-state index contributed by atoms with van der Waals surface area (Å²) in [7, 11) is 1.89. The van der Waals surface area contributed by atoms with Gasteiger partial charge in [0.2, 0.25) is 0 Å². The Hall–Kier alpha value is -1.35. The summed E-state index contributed by atoms with van der Waals surface area (Å²) in [6, 6.07) is 8.85. The van der Waals surface area contributed by atoms with Crippen LogP contribution in [-0.4, -0.2) is 25.7 Å². The minimum absolute atomic E-state index is 0.128. The Labute approximate surface area is 122 Å². The average Bonchev–Trinajstić information content (AvgIpc) is 2.46. The molecule has 0 heterocycles. The van der Waals surface area contributed by atoms with Gasteiger partial charge in [-0.05, 0) is 43.9 Å². The fraction of sp³-hybridized carbons (Fsp3) is 0.588. The highest BCUT2D eigenvalue weighted by molar-refractivity contribution is 5.70. The van der Waals surface area contributed by atoms with E-state index in [-0.39, 0.29) is 12.0 Å². The number of hydrogen-bond donors (Lipinski definition) is 1. The number of benzene rings is 1. The molecule has 0 aliphatic carbocycles. The van der Waals surface area contributed by atoms with Gasteiger partial charge in [0.25, 0.3) is 0 Å². The second-order valence-electron chi connectivity index (χ2n) is 5.25. The number of nitrogens with one attached hydrogen (secondary N) is 1. The van der Waals surface area contributed by atoms with E-state index in [2.05, 4.69) is 43.4 Å². The second kappa shape index (κ2) is 8.75. The van der Waals surface area contributed by atoms with Crippen molar-refractivity contribution in [3.8, 4) is 0 Å². The molecule has 0 aliphatic heterocycles. The first kappa shape index (κ1) is 16.7. The van der Waals surface area contributed by atoms with Crippen molar-refractivity contribution < 1.29 is 9.53 Å². The molecule has 20 heavy (non-hydrogen) atoms. The number of carbonyl (C=O) groups is 1. The van der Waals surface area contributed by atoms with Crippen LogP contribution in [0.2, 0.25) is 0 Å². The molecule has 1 rings (SSSR count). The van der Waals surface area contributed by atoms with Gasteiger partial charge in [0, 0.05) is 6.04 Å². The van der Waals surface area contributed by atoms with E-state index in [0.29, 0.717) is 18.9 Å². The van der Waals surface area contributed by atoms with Gasteiger partial charge in [-0.25, -0.2) is 0 Å². The van der Waals surface area contributed by atoms with Gasteiger partial charge in [-0.15, -0.1) is 0 Å². The van der Waals surface area contributed by atoms with Crippen LogP contribution in [0.1, 0.15) is 50.7 Å². The highest BCUT2D eigenvalue weighted by Crippen LogP contribution is 2.19. The molecule has 3 nitrogen and oxygen atoms in total. The van der Waals surface area contributed by atoms with Crippen LogP contribution in [-0.2, 0) is 16.0 Å². The van der Waals surface area contributed by atoms with Gasteiger partial charge < -0.3 is 10.1 Å². The fourth-order valence-electron chi connectivity index (χ4n) is 2.20. The Kier molecular flexibility index (Phi) is 7.31. The van der Waals surface area contributed by atoms with Crippen molar-refractivity contribution in [2.45, 2.75) is 52.0 Å². The van der Waals surface area contributed by atoms with Crippen LogP contribution in [0.4, 0.5) is 0 Å². The smallest absolute Gasteiger partial charge is 0.307 e. The van der Waals surface area contributed by atoms with Crippen LogP contribution in [0.5, 0.6) is 0 Å². The summed E-state index contributed by atoms with van der Waals surface area (Å²) in [5.41, 5.74) is 2.63. The Morgan fingerprint density at radius 2 is 1.90 bits per heavy atom. The molecule has 3 heteroatoms. The van der Waals surface area contributed by atoms with Crippen LogP contribution in [0.25, 0.3) is 0 Å². The molecule has 0 aromatic heterocycles. The highest BCUT2D eigenvalue weighted by Gasteiger charge is 2.13. The van der Waals surface area contributed by atoms with Gasteiger partial charge >= 0.3 is 5.97 Å². The molecule has 0 radical (unpaired) electrons. The Bertz CT molecular complexity index is 400. The van der Waals surface area contributed by atoms with Gasteiger partial charge in [-0.3, -0.25) is 4.79 Å². The zero-order valence-electron chi connectivity index (χ0n) is 13.1. The molecule has 0 spiro atoms. The zero-order valence-corrected chi connectivity index (χ0v) is 13.1. The molecule has 0 saturated heterocycles.